The molecule has 1 aromatic carbocycles. The first-order valence-electron chi connectivity index (χ1n) is 6.43. The zero-order valence-electron chi connectivity index (χ0n) is 11.1. The Labute approximate surface area is 112 Å². The molecule has 5 heteroatoms. The molecule has 1 unspecified atom stereocenters. The van der Waals surface area contributed by atoms with Gasteiger partial charge in [-0.2, -0.15) is 0 Å². The fourth-order valence-corrected chi connectivity index (χ4v) is 1.70. The van der Waals surface area contributed by atoms with Crippen molar-refractivity contribution in [3.05, 3.63) is 35.4 Å². The number of nitrogens with one attached hydrogen (secondary N) is 1. The molecule has 0 saturated carbocycles. The number of carbonyl (C=O) groups excluding carboxylic acids is 1. The monoisotopic (exact) mass is 270 g/mol. The third-order valence-electron chi connectivity index (χ3n) is 2.96. The van der Waals surface area contributed by atoms with E-state index in [0.717, 1.165) is 25.0 Å². The zero-order valence-corrected chi connectivity index (χ0v) is 11.1. The van der Waals surface area contributed by atoms with Crippen molar-refractivity contribution >= 4 is 5.91 Å². The van der Waals surface area contributed by atoms with Gasteiger partial charge in [-0.3, -0.25) is 4.79 Å². The van der Waals surface area contributed by atoms with Crippen molar-refractivity contribution in [2.75, 3.05) is 13.1 Å². The number of amides is 1. The van der Waals surface area contributed by atoms with Gasteiger partial charge in [0, 0.05) is 12.6 Å². The number of carbonyl (C=O) groups is 1. The molecule has 1 amide bonds. The Bertz CT molecular complexity index is 424. The second kappa shape index (κ2) is 7.84. The van der Waals surface area contributed by atoms with Crippen LogP contribution in [0, 0.1) is 17.6 Å². The highest BCUT2D eigenvalue weighted by molar-refractivity contribution is 5.78. The first-order chi connectivity index (χ1) is 9.02. The zero-order chi connectivity index (χ0) is 14.3. The molecule has 0 aliphatic carbocycles. The Balaban J connectivity index is 2.31. The molecular formula is C14H20F2N2O. The standard InChI is InChI=1S/C14H20F2N2O/c1-10(9-17)3-2-6-18-14(19)7-11-4-5-12(15)8-13(11)16/h4-5,8,10H,2-3,6-7,9,17H2,1H3,(H,18,19). The van der Waals surface area contributed by atoms with Crippen LogP contribution in [0.2, 0.25) is 0 Å². The van der Waals surface area contributed by atoms with Gasteiger partial charge in [0.15, 0.2) is 0 Å². The summed E-state index contributed by atoms with van der Waals surface area (Å²) in [6, 6.07) is 3.22. The van der Waals surface area contributed by atoms with E-state index in [1.54, 1.807) is 0 Å². The summed E-state index contributed by atoms with van der Waals surface area (Å²) in [5.74, 6) is -1.15. The van der Waals surface area contributed by atoms with Crippen molar-refractivity contribution in [1.29, 1.82) is 0 Å². The van der Waals surface area contributed by atoms with Gasteiger partial charge in [0.2, 0.25) is 5.91 Å². The summed E-state index contributed by atoms with van der Waals surface area (Å²) in [4.78, 5) is 11.6. The van der Waals surface area contributed by atoms with Gasteiger partial charge < -0.3 is 11.1 Å². The van der Waals surface area contributed by atoms with Gasteiger partial charge in [0.1, 0.15) is 11.6 Å². The lowest BCUT2D eigenvalue weighted by Gasteiger charge is -2.09. The maximum atomic E-state index is 13.3. The van der Waals surface area contributed by atoms with Crippen molar-refractivity contribution in [3.8, 4) is 0 Å². The van der Waals surface area contributed by atoms with Gasteiger partial charge in [-0.1, -0.05) is 13.0 Å². The molecule has 0 aliphatic heterocycles. The van der Waals surface area contributed by atoms with Crippen LogP contribution in [0.1, 0.15) is 25.3 Å². The molecule has 1 aromatic rings. The molecule has 19 heavy (non-hydrogen) atoms. The van der Waals surface area contributed by atoms with Crippen molar-refractivity contribution < 1.29 is 13.6 Å². The summed E-state index contributed by atoms with van der Waals surface area (Å²) in [5.41, 5.74) is 5.69. The Morgan fingerprint density at radius 2 is 2.16 bits per heavy atom. The topological polar surface area (TPSA) is 55.1 Å². The maximum absolute atomic E-state index is 13.3. The average Bonchev–Trinajstić information content (AvgIpc) is 2.37. The van der Waals surface area contributed by atoms with E-state index < -0.39 is 11.6 Å². The summed E-state index contributed by atoms with van der Waals surface area (Å²) in [5, 5.41) is 2.71. The number of halogens is 2. The fraction of sp³-hybridized carbons (Fsp3) is 0.500. The summed E-state index contributed by atoms with van der Waals surface area (Å²) < 4.78 is 26.0. The molecule has 0 spiro atoms. The lowest BCUT2D eigenvalue weighted by molar-refractivity contribution is -0.120. The van der Waals surface area contributed by atoms with Crippen LogP contribution < -0.4 is 11.1 Å². The molecular weight excluding hydrogens is 250 g/mol. The van der Waals surface area contributed by atoms with Gasteiger partial charge >= 0.3 is 0 Å². The minimum atomic E-state index is -0.688. The van der Waals surface area contributed by atoms with Gasteiger partial charge in [0.25, 0.3) is 0 Å². The molecule has 1 atom stereocenters. The minimum Gasteiger partial charge on any atom is -0.356 e. The number of nitrogens with two attached hydrogens (primary N) is 1. The van der Waals surface area contributed by atoms with Crippen molar-refractivity contribution in [1.82, 2.24) is 5.32 Å². The average molecular weight is 270 g/mol. The van der Waals surface area contributed by atoms with E-state index in [1.807, 2.05) is 0 Å². The van der Waals surface area contributed by atoms with Gasteiger partial charge in [-0.25, -0.2) is 8.78 Å². The quantitative estimate of drug-likeness (QED) is 0.745. The first-order valence-corrected chi connectivity index (χ1v) is 6.43. The van der Waals surface area contributed by atoms with Crippen LogP contribution in [0.5, 0.6) is 0 Å². The van der Waals surface area contributed by atoms with E-state index in [2.05, 4.69) is 12.2 Å². The van der Waals surface area contributed by atoms with E-state index in [-0.39, 0.29) is 17.9 Å². The Hall–Kier alpha value is -1.49. The lowest BCUT2D eigenvalue weighted by Crippen LogP contribution is -2.27. The van der Waals surface area contributed by atoms with Crippen LogP contribution in [0.25, 0.3) is 0 Å². The molecule has 0 saturated heterocycles. The normalized spacial score (nSPS) is 12.2. The third kappa shape index (κ3) is 5.79. The molecule has 3 N–H and O–H groups in total. The Morgan fingerprint density at radius 1 is 1.42 bits per heavy atom. The highest BCUT2D eigenvalue weighted by Crippen LogP contribution is 2.10. The van der Waals surface area contributed by atoms with Gasteiger partial charge in [0.05, 0.1) is 6.42 Å². The van der Waals surface area contributed by atoms with Crippen LogP contribution in [-0.2, 0) is 11.2 Å². The highest BCUT2D eigenvalue weighted by Gasteiger charge is 2.09. The number of rotatable bonds is 7. The van der Waals surface area contributed by atoms with Crippen molar-refractivity contribution in [2.45, 2.75) is 26.2 Å². The molecule has 106 valence electrons. The summed E-state index contributed by atoms with van der Waals surface area (Å²) in [6.07, 6.45) is 1.72. The molecule has 0 fully saturated rings. The largest absolute Gasteiger partial charge is 0.356 e. The number of benzene rings is 1. The smallest absolute Gasteiger partial charge is 0.224 e. The Kier molecular flexibility index (Phi) is 6.42. The summed E-state index contributed by atoms with van der Waals surface area (Å²) in [6.45, 7) is 3.23. The van der Waals surface area contributed by atoms with E-state index >= 15 is 0 Å². The van der Waals surface area contributed by atoms with E-state index in [1.165, 1.54) is 6.07 Å². The number of hydrogen-bond acceptors (Lipinski definition) is 2. The van der Waals surface area contributed by atoms with Crippen LogP contribution in [0.3, 0.4) is 0 Å². The predicted octanol–water partition coefficient (Wildman–Crippen LogP) is 2.00. The van der Waals surface area contributed by atoms with Gasteiger partial charge in [-0.15, -0.1) is 0 Å². The maximum Gasteiger partial charge on any atom is 0.224 e. The predicted molar refractivity (Wildman–Crippen MR) is 70.5 cm³/mol. The SMILES string of the molecule is CC(CN)CCCNC(=O)Cc1ccc(F)cc1F. The lowest BCUT2D eigenvalue weighted by atomic mass is 10.1. The third-order valence-corrected chi connectivity index (χ3v) is 2.96. The van der Waals surface area contributed by atoms with Gasteiger partial charge in [-0.05, 0) is 36.9 Å². The molecule has 0 aliphatic rings. The molecule has 1 rings (SSSR count). The molecule has 3 nitrogen and oxygen atoms in total. The van der Waals surface area contributed by atoms with Crippen LogP contribution in [-0.4, -0.2) is 19.0 Å². The van der Waals surface area contributed by atoms with Crippen LogP contribution in [0.15, 0.2) is 18.2 Å². The molecule has 0 radical (unpaired) electrons. The van der Waals surface area contributed by atoms with E-state index in [9.17, 15) is 13.6 Å². The molecule has 0 heterocycles. The highest BCUT2D eigenvalue weighted by atomic mass is 19.1. The fourth-order valence-electron chi connectivity index (χ4n) is 1.70. The molecule has 0 bridgehead atoms. The van der Waals surface area contributed by atoms with Crippen molar-refractivity contribution in [2.24, 2.45) is 11.7 Å². The second-order valence-electron chi connectivity index (χ2n) is 4.75. The van der Waals surface area contributed by atoms with Crippen molar-refractivity contribution in [3.63, 3.8) is 0 Å². The van der Waals surface area contributed by atoms with Crippen LogP contribution >= 0.6 is 0 Å². The Morgan fingerprint density at radius 3 is 2.79 bits per heavy atom. The first kappa shape index (κ1) is 15.6. The van der Waals surface area contributed by atoms with Crippen LogP contribution in [0.4, 0.5) is 8.78 Å². The minimum absolute atomic E-state index is 0.0709. The second-order valence-corrected chi connectivity index (χ2v) is 4.75. The number of hydrogen-bond donors (Lipinski definition) is 2. The van der Waals surface area contributed by atoms with E-state index in [0.29, 0.717) is 19.0 Å². The van der Waals surface area contributed by atoms with E-state index in [4.69, 9.17) is 5.73 Å². The molecule has 0 aromatic heterocycles. The summed E-state index contributed by atoms with van der Waals surface area (Å²) >= 11 is 0. The summed E-state index contributed by atoms with van der Waals surface area (Å²) in [7, 11) is 0.